The van der Waals surface area contributed by atoms with E-state index in [0.717, 1.165) is 22.2 Å². The molecular weight excluding hydrogens is 265 g/mol. The molecule has 4 heteroatoms. The van der Waals surface area contributed by atoms with Crippen molar-refractivity contribution in [2.75, 3.05) is 5.73 Å². The smallest absolute Gasteiger partial charge is 0.140 e. The number of aromatic nitrogens is 2. The van der Waals surface area contributed by atoms with E-state index in [-0.39, 0.29) is 5.82 Å². The van der Waals surface area contributed by atoms with Crippen LogP contribution < -0.4 is 5.73 Å². The molecule has 0 amide bonds. The monoisotopic (exact) mass is 283 g/mol. The Morgan fingerprint density at radius 2 is 1.67 bits per heavy atom. The van der Waals surface area contributed by atoms with Crippen molar-refractivity contribution in [2.24, 2.45) is 0 Å². The SMILES string of the molecule is Cc1c(C)c(C)c2[nH]c(-c3ccc(F)cc3N)nc2c1C. The number of hydrogen-bond acceptors (Lipinski definition) is 2. The Kier molecular flexibility index (Phi) is 2.97. The number of nitrogens with two attached hydrogens (primary N) is 1. The van der Waals surface area contributed by atoms with Crippen LogP contribution in [0.15, 0.2) is 18.2 Å². The normalized spacial score (nSPS) is 11.3. The van der Waals surface area contributed by atoms with Gasteiger partial charge in [-0.15, -0.1) is 0 Å². The predicted molar refractivity (Wildman–Crippen MR) is 84.8 cm³/mol. The number of aryl methyl sites for hydroxylation is 2. The van der Waals surface area contributed by atoms with Gasteiger partial charge in [0.1, 0.15) is 11.6 Å². The summed E-state index contributed by atoms with van der Waals surface area (Å²) in [6.07, 6.45) is 0. The molecule has 0 saturated carbocycles. The van der Waals surface area contributed by atoms with Crippen LogP contribution in [0.5, 0.6) is 0 Å². The van der Waals surface area contributed by atoms with Crippen LogP contribution in [0.3, 0.4) is 0 Å². The summed E-state index contributed by atoms with van der Waals surface area (Å²) >= 11 is 0. The van der Waals surface area contributed by atoms with Gasteiger partial charge in [-0.25, -0.2) is 9.37 Å². The molecule has 0 atom stereocenters. The van der Waals surface area contributed by atoms with Gasteiger partial charge in [0, 0.05) is 11.3 Å². The molecule has 108 valence electrons. The van der Waals surface area contributed by atoms with Crippen molar-refractivity contribution in [3.8, 4) is 11.4 Å². The summed E-state index contributed by atoms with van der Waals surface area (Å²) in [6.45, 7) is 8.38. The van der Waals surface area contributed by atoms with Crippen molar-refractivity contribution in [3.63, 3.8) is 0 Å². The molecule has 1 heterocycles. The lowest BCUT2D eigenvalue weighted by molar-refractivity contribution is 0.628. The topological polar surface area (TPSA) is 54.7 Å². The number of fused-ring (bicyclic) bond motifs is 1. The van der Waals surface area contributed by atoms with Crippen molar-refractivity contribution < 1.29 is 4.39 Å². The Balaban J connectivity index is 2.31. The Hall–Kier alpha value is -2.36. The summed E-state index contributed by atoms with van der Waals surface area (Å²) in [5.74, 6) is 0.338. The number of nitrogens with one attached hydrogen (secondary N) is 1. The van der Waals surface area contributed by atoms with Crippen LogP contribution in [0.2, 0.25) is 0 Å². The molecule has 0 saturated heterocycles. The second kappa shape index (κ2) is 4.58. The van der Waals surface area contributed by atoms with E-state index in [1.54, 1.807) is 6.07 Å². The van der Waals surface area contributed by atoms with Crippen LogP contribution in [-0.4, -0.2) is 9.97 Å². The van der Waals surface area contributed by atoms with Gasteiger partial charge in [0.15, 0.2) is 0 Å². The lowest BCUT2D eigenvalue weighted by Crippen LogP contribution is -1.92. The molecule has 1 aromatic heterocycles. The molecule has 0 aliphatic heterocycles. The summed E-state index contributed by atoms with van der Waals surface area (Å²) in [4.78, 5) is 8.01. The molecule has 21 heavy (non-hydrogen) atoms. The number of hydrogen-bond donors (Lipinski definition) is 2. The number of imidazole rings is 1. The number of anilines is 1. The molecule has 3 nitrogen and oxygen atoms in total. The average Bonchev–Trinajstić information content (AvgIpc) is 2.88. The fourth-order valence-electron chi connectivity index (χ4n) is 2.72. The predicted octanol–water partition coefficient (Wildman–Crippen LogP) is 4.18. The number of halogens is 1. The molecule has 3 N–H and O–H groups in total. The molecule has 0 spiro atoms. The van der Waals surface area contributed by atoms with E-state index in [4.69, 9.17) is 5.73 Å². The van der Waals surface area contributed by atoms with Crippen LogP contribution in [0.25, 0.3) is 22.4 Å². The molecule has 2 aromatic carbocycles. The maximum Gasteiger partial charge on any atom is 0.140 e. The van der Waals surface area contributed by atoms with Crippen molar-refractivity contribution in [1.29, 1.82) is 0 Å². The summed E-state index contributed by atoms with van der Waals surface area (Å²) in [6, 6.07) is 4.38. The number of benzene rings is 2. The first-order chi connectivity index (χ1) is 9.90. The highest BCUT2D eigenvalue weighted by atomic mass is 19.1. The van der Waals surface area contributed by atoms with Crippen molar-refractivity contribution in [1.82, 2.24) is 9.97 Å². The van der Waals surface area contributed by atoms with Gasteiger partial charge in [0.25, 0.3) is 0 Å². The van der Waals surface area contributed by atoms with E-state index >= 15 is 0 Å². The molecule has 0 aliphatic carbocycles. The Bertz CT molecular complexity index is 817. The lowest BCUT2D eigenvalue weighted by Gasteiger charge is -2.09. The maximum absolute atomic E-state index is 13.2. The summed E-state index contributed by atoms with van der Waals surface area (Å²) in [7, 11) is 0. The second-order valence-corrected chi connectivity index (χ2v) is 5.54. The standard InChI is InChI=1S/C17H18FN3/c1-8-9(2)11(4)16-15(10(8)3)20-17(21-16)13-6-5-12(18)7-14(13)19/h5-7H,19H2,1-4H3,(H,20,21). The molecule has 0 bridgehead atoms. The van der Waals surface area contributed by atoms with Gasteiger partial charge in [0.05, 0.1) is 11.0 Å². The molecule has 3 rings (SSSR count). The van der Waals surface area contributed by atoms with E-state index in [1.165, 1.54) is 28.8 Å². The first-order valence-corrected chi connectivity index (χ1v) is 6.91. The van der Waals surface area contributed by atoms with Gasteiger partial charge < -0.3 is 10.7 Å². The van der Waals surface area contributed by atoms with Gasteiger partial charge in [-0.1, -0.05) is 0 Å². The number of nitrogen functional groups attached to an aromatic ring is 1. The van der Waals surface area contributed by atoms with E-state index in [2.05, 4.69) is 37.7 Å². The highest BCUT2D eigenvalue weighted by Gasteiger charge is 2.15. The van der Waals surface area contributed by atoms with E-state index < -0.39 is 0 Å². The van der Waals surface area contributed by atoms with E-state index in [0.29, 0.717) is 11.5 Å². The zero-order valence-corrected chi connectivity index (χ0v) is 12.6. The second-order valence-electron chi connectivity index (χ2n) is 5.54. The van der Waals surface area contributed by atoms with Gasteiger partial charge in [-0.2, -0.15) is 0 Å². The summed E-state index contributed by atoms with van der Waals surface area (Å²) < 4.78 is 13.2. The van der Waals surface area contributed by atoms with Crippen molar-refractivity contribution >= 4 is 16.7 Å². The third-order valence-electron chi connectivity index (χ3n) is 4.39. The number of nitrogens with zero attached hydrogens (tertiary/aromatic N) is 1. The van der Waals surface area contributed by atoms with Gasteiger partial charge >= 0.3 is 0 Å². The Morgan fingerprint density at radius 1 is 1.00 bits per heavy atom. The lowest BCUT2D eigenvalue weighted by atomic mass is 9.98. The highest BCUT2D eigenvalue weighted by molar-refractivity contribution is 5.88. The first kappa shape index (κ1) is 13.6. The van der Waals surface area contributed by atoms with Gasteiger partial charge in [-0.3, -0.25) is 0 Å². The molecule has 0 aliphatic rings. The minimum absolute atomic E-state index is 0.341. The zero-order valence-electron chi connectivity index (χ0n) is 12.6. The Morgan fingerprint density at radius 3 is 2.33 bits per heavy atom. The van der Waals surface area contributed by atoms with Gasteiger partial charge in [-0.05, 0) is 68.1 Å². The van der Waals surface area contributed by atoms with Crippen LogP contribution in [0.4, 0.5) is 10.1 Å². The number of aromatic amines is 1. The fraction of sp³-hybridized carbons (Fsp3) is 0.235. The quantitative estimate of drug-likeness (QED) is 0.658. The van der Waals surface area contributed by atoms with Crippen LogP contribution >= 0.6 is 0 Å². The summed E-state index contributed by atoms with van der Waals surface area (Å²) in [5, 5.41) is 0. The zero-order chi connectivity index (χ0) is 15.3. The first-order valence-electron chi connectivity index (χ1n) is 6.91. The number of rotatable bonds is 1. The minimum atomic E-state index is -0.341. The van der Waals surface area contributed by atoms with Gasteiger partial charge in [0.2, 0.25) is 0 Å². The van der Waals surface area contributed by atoms with E-state index in [1.807, 2.05) is 0 Å². The van der Waals surface area contributed by atoms with E-state index in [9.17, 15) is 4.39 Å². The third-order valence-corrected chi connectivity index (χ3v) is 4.39. The maximum atomic E-state index is 13.2. The minimum Gasteiger partial charge on any atom is -0.398 e. The molecule has 0 unspecified atom stereocenters. The Labute approximate surface area is 123 Å². The van der Waals surface area contributed by atoms with Crippen LogP contribution in [0, 0.1) is 33.5 Å². The molecule has 3 aromatic rings. The van der Waals surface area contributed by atoms with Crippen molar-refractivity contribution in [2.45, 2.75) is 27.7 Å². The highest BCUT2D eigenvalue weighted by Crippen LogP contribution is 2.31. The molecular formula is C17H18FN3. The largest absolute Gasteiger partial charge is 0.398 e. The summed E-state index contributed by atoms with van der Waals surface area (Å²) in [5.41, 5.74) is 13.9. The third kappa shape index (κ3) is 1.98. The average molecular weight is 283 g/mol. The van der Waals surface area contributed by atoms with Crippen LogP contribution in [-0.2, 0) is 0 Å². The fourth-order valence-corrected chi connectivity index (χ4v) is 2.72. The van der Waals surface area contributed by atoms with Crippen molar-refractivity contribution in [3.05, 3.63) is 46.3 Å². The van der Waals surface area contributed by atoms with Crippen LogP contribution in [0.1, 0.15) is 22.3 Å². The molecule has 0 radical (unpaired) electrons. The molecule has 0 fully saturated rings. The number of H-pyrrole nitrogens is 1.